The van der Waals surface area contributed by atoms with Crippen molar-refractivity contribution in [3.63, 3.8) is 0 Å². The first-order valence-electron chi connectivity index (χ1n) is 10.6. The molecule has 4 rings (SSSR count). The minimum Gasteiger partial charge on any atom is -0.497 e. The number of nitrogens with zero attached hydrogens (tertiary/aromatic N) is 2. The lowest BCUT2D eigenvalue weighted by Gasteiger charge is -2.36. The Balaban J connectivity index is 1.21. The van der Waals surface area contributed by atoms with Gasteiger partial charge in [0, 0.05) is 49.8 Å². The molecule has 0 aliphatic carbocycles. The Kier molecular flexibility index (Phi) is 6.45. The first kappa shape index (κ1) is 20.6. The Hall–Kier alpha value is -2.70. The van der Waals surface area contributed by atoms with E-state index >= 15 is 0 Å². The lowest BCUT2D eigenvalue weighted by atomic mass is 10.0. The van der Waals surface area contributed by atoms with E-state index in [9.17, 15) is 5.11 Å². The Labute approximate surface area is 178 Å². The van der Waals surface area contributed by atoms with E-state index in [-0.39, 0.29) is 0 Å². The third-order valence-electron chi connectivity index (χ3n) is 5.81. The predicted octanol–water partition coefficient (Wildman–Crippen LogP) is 3.13. The minimum absolute atomic E-state index is 0.303. The summed E-state index contributed by atoms with van der Waals surface area (Å²) < 4.78 is 11.1. The van der Waals surface area contributed by atoms with E-state index in [0.29, 0.717) is 13.2 Å². The van der Waals surface area contributed by atoms with Gasteiger partial charge in [0.05, 0.1) is 7.11 Å². The van der Waals surface area contributed by atoms with Crippen LogP contribution in [-0.4, -0.2) is 62.6 Å². The van der Waals surface area contributed by atoms with E-state index in [4.69, 9.17) is 9.47 Å². The smallest absolute Gasteiger partial charge is 0.119 e. The number of ether oxygens (including phenoxy) is 2. The number of hydrogen-bond donors (Lipinski definition) is 2. The molecule has 1 fully saturated rings. The van der Waals surface area contributed by atoms with Crippen LogP contribution in [0.15, 0.2) is 54.7 Å². The summed E-state index contributed by atoms with van der Waals surface area (Å²) in [4.78, 5) is 4.67. The molecule has 2 aliphatic rings. The first-order chi connectivity index (χ1) is 14.6. The Morgan fingerprint density at radius 3 is 2.50 bits per heavy atom. The average molecular weight is 410 g/mol. The van der Waals surface area contributed by atoms with Crippen LogP contribution in [0.2, 0.25) is 0 Å². The molecular weight excluding hydrogens is 378 g/mol. The zero-order valence-corrected chi connectivity index (χ0v) is 17.6. The Bertz CT molecular complexity index is 860. The number of fused-ring (bicyclic) bond motifs is 1. The molecule has 2 aromatic carbocycles. The number of hydrogen-bond acceptors (Lipinski definition) is 6. The molecule has 2 aliphatic heterocycles. The Morgan fingerprint density at radius 1 is 1.03 bits per heavy atom. The van der Waals surface area contributed by atoms with E-state index in [1.807, 2.05) is 24.3 Å². The summed E-state index contributed by atoms with van der Waals surface area (Å²) in [5.74, 6) is 1.69. The standard InChI is InChI=1S/C24H31N3O3/c1-18-3-4-19-15-23(9-10-24(19)25-18)30-17-21(28)16-26-11-13-27(14-12-26)20-5-7-22(29-2)8-6-20/h5-10,15,21,25,28H,1,3-4,11-14,16-17H2,2H3/t21-/m0/s1. The van der Waals surface area contributed by atoms with Crippen LogP contribution in [-0.2, 0) is 6.42 Å². The van der Waals surface area contributed by atoms with Gasteiger partial charge in [0.2, 0.25) is 0 Å². The normalized spacial score (nSPS) is 17.8. The molecule has 0 amide bonds. The second-order valence-corrected chi connectivity index (χ2v) is 8.00. The lowest BCUT2D eigenvalue weighted by molar-refractivity contribution is 0.0663. The van der Waals surface area contributed by atoms with Crippen LogP contribution in [0.5, 0.6) is 11.5 Å². The first-order valence-corrected chi connectivity index (χ1v) is 10.6. The largest absolute Gasteiger partial charge is 0.497 e. The van der Waals surface area contributed by atoms with Crippen molar-refractivity contribution < 1.29 is 14.6 Å². The molecule has 1 atom stereocenters. The number of aryl methyl sites for hydroxylation is 1. The molecule has 6 heteroatoms. The molecule has 0 spiro atoms. The summed E-state index contributed by atoms with van der Waals surface area (Å²) in [6.45, 7) is 8.67. The van der Waals surface area contributed by atoms with E-state index in [1.165, 1.54) is 11.3 Å². The maximum absolute atomic E-state index is 10.5. The van der Waals surface area contributed by atoms with Crippen LogP contribution in [0.1, 0.15) is 12.0 Å². The number of anilines is 2. The van der Waals surface area contributed by atoms with Crippen molar-refractivity contribution in [1.29, 1.82) is 0 Å². The molecular formula is C24H31N3O3. The molecule has 0 radical (unpaired) electrons. The van der Waals surface area contributed by atoms with Crippen molar-refractivity contribution in [2.45, 2.75) is 18.9 Å². The van der Waals surface area contributed by atoms with Gasteiger partial charge >= 0.3 is 0 Å². The van der Waals surface area contributed by atoms with Gasteiger partial charge in [-0.1, -0.05) is 6.58 Å². The van der Waals surface area contributed by atoms with Gasteiger partial charge in [-0.3, -0.25) is 4.90 Å². The summed E-state index contributed by atoms with van der Waals surface area (Å²) in [6, 6.07) is 14.2. The van der Waals surface area contributed by atoms with E-state index in [0.717, 1.165) is 61.9 Å². The SMILES string of the molecule is C=C1CCc2cc(OC[C@@H](O)CN3CCN(c4ccc(OC)cc4)CC3)ccc2N1. The lowest BCUT2D eigenvalue weighted by Crippen LogP contribution is -2.49. The predicted molar refractivity (Wildman–Crippen MR) is 121 cm³/mol. The summed E-state index contributed by atoms with van der Waals surface area (Å²) in [7, 11) is 1.68. The molecule has 0 unspecified atom stereocenters. The van der Waals surface area contributed by atoms with Gasteiger partial charge in [-0.05, 0) is 60.9 Å². The number of methoxy groups -OCH3 is 1. The fourth-order valence-corrected chi connectivity index (χ4v) is 4.05. The van der Waals surface area contributed by atoms with Gasteiger partial charge in [0.15, 0.2) is 0 Å². The highest BCUT2D eigenvalue weighted by Gasteiger charge is 2.20. The van der Waals surface area contributed by atoms with Gasteiger partial charge in [-0.25, -0.2) is 0 Å². The number of allylic oxidation sites excluding steroid dienone is 1. The monoisotopic (exact) mass is 409 g/mol. The summed E-state index contributed by atoms with van der Waals surface area (Å²) in [5.41, 5.74) is 4.61. The molecule has 1 saturated heterocycles. The van der Waals surface area contributed by atoms with Gasteiger partial charge < -0.3 is 24.8 Å². The number of nitrogens with one attached hydrogen (secondary N) is 1. The van der Waals surface area contributed by atoms with Crippen LogP contribution < -0.4 is 19.7 Å². The van der Waals surface area contributed by atoms with Gasteiger partial charge in [-0.2, -0.15) is 0 Å². The molecule has 2 N–H and O–H groups in total. The summed E-state index contributed by atoms with van der Waals surface area (Å²) in [5, 5.41) is 13.8. The quantitative estimate of drug-likeness (QED) is 0.733. The van der Waals surface area contributed by atoms with Crippen molar-refractivity contribution >= 4 is 11.4 Å². The minimum atomic E-state index is -0.508. The maximum Gasteiger partial charge on any atom is 0.119 e. The number of piperazine rings is 1. The van der Waals surface area contributed by atoms with E-state index in [1.54, 1.807) is 7.11 Å². The third kappa shape index (κ3) is 5.07. The third-order valence-corrected chi connectivity index (χ3v) is 5.81. The highest BCUT2D eigenvalue weighted by molar-refractivity contribution is 5.59. The molecule has 2 heterocycles. The van der Waals surface area contributed by atoms with Gasteiger partial charge in [-0.15, -0.1) is 0 Å². The molecule has 6 nitrogen and oxygen atoms in total. The molecule has 160 valence electrons. The number of rotatable bonds is 7. The maximum atomic E-state index is 10.5. The molecule has 2 aromatic rings. The van der Waals surface area contributed by atoms with Crippen molar-refractivity contribution in [3.05, 3.63) is 60.3 Å². The number of aliphatic hydroxyl groups excluding tert-OH is 1. The highest BCUT2D eigenvalue weighted by atomic mass is 16.5. The van der Waals surface area contributed by atoms with Crippen LogP contribution >= 0.6 is 0 Å². The fraction of sp³-hybridized carbons (Fsp3) is 0.417. The van der Waals surface area contributed by atoms with Crippen LogP contribution in [0.3, 0.4) is 0 Å². The fourth-order valence-electron chi connectivity index (χ4n) is 4.05. The number of benzene rings is 2. The molecule has 0 saturated carbocycles. The van der Waals surface area contributed by atoms with Crippen molar-refractivity contribution in [2.24, 2.45) is 0 Å². The van der Waals surface area contributed by atoms with Crippen LogP contribution in [0, 0.1) is 0 Å². The second kappa shape index (κ2) is 9.41. The summed E-state index contributed by atoms with van der Waals surface area (Å²) in [6.07, 6.45) is 1.41. The van der Waals surface area contributed by atoms with Crippen molar-refractivity contribution in [1.82, 2.24) is 4.90 Å². The zero-order chi connectivity index (χ0) is 20.9. The van der Waals surface area contributed by atoms with Crippen molar-refractivity contribution in [3.8, 4) is 11.5 Å². The summed E-state index contributed by atoms with van der Waals surface area (Å²) >= 11 is 0. The Morgan fingerprint density at radius 2 is 1.77 bits per heavy atom. The van der Waals surface area contributed by atoms with Crippen LogP contribution in [0.25, 0.3) is 0 Å². The van der Waals surface area contributed by atoms with E-state index < -0.39 is 6.10 Å². The molecule has 30 heavy (non-hydrogen) atoms. The zero-order valence-electron chi connectivity index (χ0n) is 17.6. The van der Waals surface area contributed by atoms with Gasteiger partial charge in [0.25, 0.3) is 0 Å². The number of aliphatic hydroxyl groups is 1. The van der Waals surface area contributed by atoms with Crippen LogP contribution in [0.4, 0.5) is 11.4 Å². The average Bonchev–Trinajstić information content (AvgIpc) is 2.78. The second-order valence-electron chi connectivity index (χ2n) is 8.00. The van der Waals surface area contributed by atoms with E-state index in [2.05, 4.69) is 39.9 Å². The topological polar surface area (TPSA) is 57.2 Å². The number of β-amino-alcohol motifs (C(OH)–C–C–N with tert-alkyl or cyclic N) is 1. The van der Waals surface area contributed by atoms with Gasteiger partial charge in [0.1, 0.15) is 24.2 Å². The highest BCUT2D eigenvalue weighted by Crippen LogP contribution is 2.29. The van der Waals surface area contributed by atoms with Crippen molar-refractivity contribution in [2.75, 3.05) is 56.7 Å². The molecule has 0 bridgehead atoms. The molecule has 0 aromatic heterocycles.